The standard InChI is InChI=1S/C8H14N4/c1-11-4-3-7(5-11)8-10-9-6-12(8)2/h6-7H,3-5H2,1-2H3. The van der Waals surface area contributed by atoms with E-state index in [1.807, 2.05) is 11.6 Å². The quantitative estimate of drug-likeness (QED) is 0.599. The zero-order chi connectivity index (χ0) is 8.55. The van der Waals surface area contributed by atoms with Crippen LogP contribution in [0.5, 0.6) is 0 Å². The maximum Gasteiger partial charge on any atom is 0.136 e. The van der Waals surface area contributed by atoms with Gasteiger partial charge in [-0.05, 0) is 20.0 Å². The van der Waals surface area contributed by atoms with Crippen LogP contribution in [0.2, 0.25) is 0 Å². The summed E-state index contributed by atoms with van der Waals surface area (Å²) in [6.07, 6.45) is 2.98. The van der Waals surface area contributed by atoms with E-state index < -0.39 is 0 Å². The van der Waals surface area contributed by atoms with Crippen molar-refractivity contribution in [2.45, 2.75) is 12.3 Å². The topological polar surface area (TPSA) is 34.0 Å². The first kappa shape index (κ1) is 7.73. The number of nitrogens with zero attached hydrogens (tertiary/aromatic N) is 4. The smallest absolute Gasteiger partial charge is 0.136 e. The Bertz CT molecular complexity index is 268. The van der Waals surface area contributed by atoms with Crippen LogP contribution in [0.1, 0.15) is 18.2 Å². The molecule has 2 rings (SSSR count). The summed E-state index contributed by atoms with van der Waals surface area (Å²) in [6.45, 7) is 2.30. The van der Waals surface area contributed by atoms with Crippen LogP contribution >= 0.6 is 0 Å². The van der Waals surface area contributed by atoms with E-state index in [1.54, 1.807) is 6.33 Å². The molecule has 1 atom stereocenters. The van der Waals surface area contributed by atoms with Gasteiger partial charge in [0.2, 0.25) is 0 Å². The maximum atomic E-state index is 4.12. The van der Waals surface area contributed by atoms with Crippen LogP contribution in [-0.2, 0) is 7.05 Å². The molecule has 0 bridgehead atoms. The highest BCUT2D eigenvalue weighted by Crippen LogP contribution is 2.23. The molecule has 66 valence electrons. The summed E-state index contributed by atoms with van der Waals surface area (Å²) < 4.78 is 2.02. The van der Waals surface area contributed by atoms with E-state index in [4.69, 9.17) is 0 Å². The van der Waals surface area contributed by atoms with Crippen LogP contribution < -0.4 is 0 Å². The first-order chi connectivity index (χ1) is 5.77. The van der Waals surface area contributed by atoms with Crippen molar-refractivity contribution >= 4 is 0 Å². The van der Waals surface area contributed by atoms with Gasteiger partial charge in [0.1, 0.15) is 12.2 Å². The van der Waals surface area contributed by atoms with Gasteiger partial charge in [0.15, 0.2) is 0 Å². The van der Waals surface area contributed by atoms with E-state index in [9.17, 15) is 0 Å². The molecule has 1 aromatic rings. The van der Waals surface area contributed by atoms with E-state index in [0.29, 0.717) is 5.92 Å². The Morgan fingerprint density at radius 2 is 2.33 bits per heavy atom. The molecule has 1 fully saturated rings. The minimum absolute atomic E-state index is 0.586. The van der Waals surface area contributed by atoms with Crippen molar-refractivity contribution < 1.29 is 0 Å². The number of rotatable bonds is 1. The van der Waals surface area contributed by atoms with E-state index in [2.05, 4.69) is 22.1 Å². The van der Waals surface area contributed by atoms with Gasteiger partial charge in [-0.2, -0.15) is 0 Å². The number of aromatic nitrogens is 3. The molecular weight excluding hydrogens is 152 g/mol. The number of likely N-dealkylation sites (N-methyl/N-ethyl adjacent to an activating group) is 1. The van der Waals surface area contributed by atoms with Crippen molar-refractivity contribution in [3.63, 3.8) is 0 Å². The molecular formula is C8H14N4. The summed E-state index contributed by atoms with van der Waals surface area (Å²) >= 11 is 0. The molecule has 0 amide bonds. The van der Waals surface area contributed by atoms with Crippen LogP contribution in [0, 0.1) is 0 Å². The van der Waals surface area contributed by atoms with Gasteiger partial charge in [-0.1, -0.05) is 0 Å². The van der Waals surface area contributed by atoms with E-state index in [1.165, 1.54) is 13.0 Å². The number of likely N-dealkylation sites (tertiary alicyclic amines) is 1. The lowest BCUT2D eigenvalue weighted by atomic mass is 10.1. The Kier molecular flexibility index (Phi) is 1.84. The first-order valence-corrected chi connectivity index (χ1v) is 4.30. The molecule has 2 heterocycles. The lowest BCUT2D eigenvalue weighted by Gasteiger charge is -2.08. The second-order valence-corrected chi connectivity index (χ2v) is 3.55. The molecule has 1 aliphatic heterocycles. The SMILES string of the molecule is CN1CCC(c2nncn2C)C1. The first-order valence-electron chi connectivity index (χ1n) is 4.30. The molecule has 1 aromatic heterocycles. The summed E-state index contributed by atoms with van der Waals surface area (Å²) in [5.74, 6) is 1.71. The maximum absolute atomic E-state index is 4.12. The summed E-state index contributed by atoms with van der Waals surface area (Å²) in [6, 6.07) is 0. The summed E-state index contributed by atoms with van der Waals surface area (Å²) in [5, 5.41) is 8.00. The zero-order valence-corrected chi connectivity index (χ0v) is 7.56. The molecule has 0 aromatic carbocycles. The Morgan fingerprint density at radius 3 is 2.83 bits per heavy atom. The van der Waals surface area contributed by atoms with Crippen LogP contribution in [-0.4, -0.2) is 39.8 Å². The molecule has 1 saturated heterocycles. The van der Waals surface area contributed by atoms with Gasteiger partial charge in [0.25, 0.3) is 0 Å². The Hall–Kier alpha value is -0.900. The third-order valence-corrected chi connectivity index (χ3v) is 2.50. The Morgan fingerprint density at radius 1 is 1.50 bits per heavy atom. The molecule has 0 aliphatic carbocycles. The average Bonchev–Trinajstić information content (AvgIpc) is 2.58. The van der Waals surface area contributed by atoms with Gasteiger partial charge in [-0.25, -0.2) is 0 Å². The number of hydrogen-bond acceptors (Lipinski definition) is 3. The third kappa shape index (κ3) is 1.22. The van der Waals surface area contributed by atoms with Crippen LogP contribution in [0.3, 0.4) is 0 Å². The van der Waals surface area contributed by atoms with Gasteiger partial charge in [0.05, 0.1) is 0 Å². The second-order valence-electron chi connectivity index (χ2n) is 3.55. The molecule has 0 saturated carbocycles. The van der Waals surface area contributed by atoms with Crippen LogP contribution in [0.15, 0.2) is 6.33 Å². The normalized spacial score (nSPS) is 25.0. The molecule has 12 heavy (non-hydrogen) atoms. The molecule has 0 spiro atoms. The molecule has 1 aliphatic rings. The van der Waals surface area contributed by atoms with Crippen molar-refractivity contribution in [2.75, 3.05) is 20.1 Å². The van der Waals surface area contributed by atoms with Crippen molar-refractivity contribution in [1.82, 2.24) is 19.7 Å². The number of hydrogen-bond donors (Lipinski definition) is 0. The predicted molar refractivity (Wildman–Crippen MR) is 45.9 cm³/mol. The lowest BCUT2D eigenvalue weighted by Crippen LogP contribution is -2.14. The highest BCUT2D eigenvalue weighted by molar-refractivity contribution is 5.00. The zero-order valence-electron chi connectivity index (χ0n) is 7.56. The van der Waals surface area contributed by atoms with Crippen molar-refractivity contribution in [1.29, 1.82) is 0 Å². The fraction of sp³-hybridized carbons (Fsp3) is 0.750. The monoisotopic (exact) mass is 166 g/mol. The van der Waals surface area contributed by atoms with Gasteiger partial charge in [0, 0.05) is 19.5 Å². The van der Waals surface area contributed by atoms with Gasteiger partial charge in [-0.15, -0.1) is 10.2 Å². The molecule has 4 heteroatoms. The largest absolute Gasteiger partial charge is 0.320 e. The highest BCUT2D eigenvalue weighted by atomic mass is 15.3. The van der Waals surface area contributed by atoms with Crippen molar-refractivity contribution in [2.24, 2.45) is 7.05 Å². The van der Waals surface area contributed by atoms with E-state index in [0.717, 1.165) is 12.4 Å². The highest BCUT2D eigenvalue weighted by Gasteiger charge is 2.24. The minimum atomic E-state index is 0.586. The van der Waals surface area contributed by atoms with E-state index in [-0.39, 0.29) is 0 Å². The fourth-order valence-corrected chi connectivity index (χ4v) is 1.81. The molecule has 0 radical (unpaired) electrons. The van der Waals surface area contributed by atoms with Crippen molar-refractivity contribution in [3.8, 4) is 0 Å². The number of aryl methyl sites for hydroxylation is 1. The lowest BCUT2D eigenvalue weighted by molar-refractivity contribution is 0.408. The van der Waals surface area contributed by atoms with Crippen LogP contribution in [0.25, 0.3) is 0 Å². The van der Waals surface area contributed by atoms with Gasteiger partial charge in [-0.3, -0.25) is 0 Å². The van der Waals surface area contributed by atoms with Crippen LogP contribution in [0.4, 0.5) is 0 Å². The average molecular weight is 166 g/mol. The summed E-state index contributed by atoms with van der Waals surface area (Å²) in [5.41, 5.74) is 0. The molecule has 1 unspecified atom stereocenters. The Balaban J connectivity index is 2.16. The summed E-state index contributed by atoms with van der Waals surface area (Å²) in [4.78, 5) is 2.33. The predicted octanol–water partition coefficient (Wildman–Crippen LogP) is 0.234. The van der Waals surface area contributed by atoms with Gasteiger partial charge >= 0.3 is 0 Å². The molecule has 4 nitrogen and oxygen atoms in total. The molecule has 0 N–H and O–H groups in total. The van der Waals surface area contributed by atoms with Crippen molar-refractivity contribution in [3.05, 3.63) is 12.2 Å². The van der Waals surface area contributed by atoms with E-state index >= 15 is 0 Å². The Labute approximate surface area is 72.2 Å². The van der Waals surface area contributed by atoms with Gasteiger partial charge < -0.3 is 9.47 Å². The second kappa shape index (κ2) is 2.86. The minimum Gasteiger partial charge on any atom is -0.320 e. The fourth-order valence-electron chi connectivity index (χ4n) is 1.81. The third-order valence-electron chi connectivity index (χ3n) is 2.50. The summed E-state index contributed by atoms with van der Waals surface area (Å²) in [7, 11) is 4.16.